The minimum Gasteiger partial charge on any atom is -0.248 e. The minimum absolute atomic E-state index is 0.655. The van der Waals surface area contributed by atoms with Crippen LogP contribution in [0, 0.1) is 0 Å². The molecule has 0 spiro atoms. The zero-order chi connectivity index (χ0) is 17.3. The molecule has 1 aliphatic carbocycles. The highest BCUT2D eigenvalue weighted by molar-refractivity contribution is 6.08. The molecule has 0 saturated heterocycles. The lowest BCUT2D eigenvalue weighted by Crippen LogP contribution is -2.06. The summed E-state index contributed by atoms with van der Waals surface area (Å²) in [6.45, 7) is 0. The fraction of sp³-hybridized carbons (Fsp3) is 0.240. The van der Waals surface area contributed by atoms with E-state index in [1.165, 1.54) is 59.4 Å². The Balaban J connectivity index is 1.82. The van der Waals surface area contributed by atoms with Gasteiger partial charge in [0.2, 0.25) is 0 Å². The van der Waals surface area contributed by atoms with Crippen molar-refractivity contribution in [1.82, 2.24) is 4.98 Å². The van der Waals surface area contributed by atoms with E-state index in [4.69, 9.17) is 4.98 Å². The van der Waals surface area contributed by atoms with E-state index in [9.17, 15) is 0 Å². The lowest BCUT2D eigenvalue weighted by Gasteiger charge is -2.24. The number of aromatic nitrogens is 1. The van der Waals surface area contributed by atoms with E-state index in [2.05, 4.69) is 72.8 Å². The molecule has 0 radical (unpaired) electrons. The molecule has 5 rings (SSSR count). The van der Waals surface area contributed by atoms with Gasteiger partial charge in [-0.3, -0.25) is 0 Å². The molecule has 0 aliphatic heterocycles. The highest BCUT2D eigenvalue weighted by Gasteiger charge is 2.20. The average Bonchev–Trinajstić information content (AvgIpc) is 2.74. The fourth-order valence-electron chi connectivity index (χ4n) is 4.53. The first-order valence-electron chi connectivity index (χ1n) is 9.78. The molecule has 3 aromatic carbocycles. The van der Waals surface area contributed by atoms with Crippen LogP contribution in [0.2, 0.25) is 0 Å². The van der Waals surface area contributed by atoms with Crippen LogP contribution in [0.4, 0.5) is 0 Å². The molecule has 1 aliphatic rings. The number of benzene rings is 3. The number of rotatable bonds is 2. The van der Waals surface area contributed by atoms with Crippen LogP contribution in [-0.2, 0) is 0 Å². The summed E-state index contributed by atoms with van der Waals surface area (Å²) in [5, 5.41) is 4.03. The van der Waals surface area contributed by atoms with Gasteiger partial charge in [-0.15, -0.1) is 0 Å². The van der Waals surface area contributed by atoms with Crippen molar-refractivity contribution in [2.45, 2.75) is 38.0 Å². The topological polar surface area (TPSA) is 12.9 Å². The largest absolute Gasteiger partial charge is 0.248 e. The monoisotopic (exact) mass is 337 g/mol. The molecule has 0 bridgehead atoms. The maximum absolute atomic E-state index is 5.05. The van der Waals surface area contributed by atoms with Crippen LogP contribution in [0.25, 0.3) is 32.9 Å². The van der Waals surface area contributed by atoms with Crippen molar-refractivity contribution in [2.75, 3.05) is 0 Å². The van der Waals surface area contributed by atoms with Crippen molar-refractivity contribution in [3.63, 3.8) is 0 Å². The predicted octanol–water partition coefficient (Wildman–Crippen LogP) is 7.10. The third kappa shape index (κ3) is 2.68. The molecule has 1 heterocycles. The molecule has 1 aromatic heterocycles. The van der Waals surface area contributed by atoms with Gasteiger partial charge in [0, 0.05) is 10.9 Å². The van der Waals surface area contributed by atoms with Gasteiger partial charge in [-0.05, 0) is 47.2 Å². The van der Waals surface area contributed by atoms with Gasteiger partial charge in [-0.25, -0.2) is 4.98 Å². The predicted molar refractivity (Wildman–Crippen MR) is 111 cm³/mol. The Labute approximate surface area is 154 Å². The highest BCUT2D eigenvalue weighted by atomic mass is 14.7. The van der Waals surface area contributed by atoms with Crippen molar-refractivity contribution in [1.29, 1.82) is 0 Å². The Hall–Kier alpha value is -2.67. The molecule has 1 nitrogen and oxygen atoms in total. The second kappa shape index (κ2) is 6.57. The first-order valence-corrected chi connectivity index (χ1v) is 9.78. The maximum Gasteiger partial charge on any atom is 0.0718 e. The van der Waals surface area contributed by atoms with E-state index >= 15 is 0 Å². The first-order chi connectivity index (χ1) is 12.9. The van der Waals surface area contributed by atoms with Crippen molar-refractivity contribution >= 4 is 21.7 Å². The summed E-state index contributed by atoms with van der Waals surface area (Å²) in [6, 6.07) is 26.1. The van der Waals surface area contributed by atoms with Crippen LogP contribution in [0.1, 0.15) is 43.6 Å². The van der Waals surface area contributed by atoms with Gasteiger partial charge in [0.25, 0.3) is 0 Å². The summed E-state index contributed by atoms with van der Waals surface area (Å²) in [4.78, 5) is 5.05. The number of pyridine rings is 1. The van der Waals surface area contributed by atoms with Crippen LogP contribution in [0.5, 0.6) is 0 Å². The third-order valence-corrected chi connectivity index (χ3v) is 5.84. The van der Waals surface area contributed by atoms with E-state index in [-0.39, 0.29) is 0 Å². The molecular formula is C25H23N. The molecule has 128 valence electrons. The number of fused-ring (bicyclic) bond motifs is 3. The van der Waals surface area contributed by atoms with E-state index < -0.39 is 0 Å². The Morgan fingerprint density at radius 3 is 2.35 bits per heavy atom. The summed E-state index contributed by atoms with van der Waals surface area (Å²) in [5.74, 6) is 0.655. The van der Waals surface area contributed by atoms with Crippen LogP contribution in [-0.4, -0.2) is 4.98 Å². The Kier molecular flexibility index (Phi) is 3.93. The molecule has 1 saturated carbocycles. The molecule has 4 aromatic rings. The third-order valence-electron chi connectivity index (χ3n) is 5.84. The number of hydrogen-bond donors (Lipinski definition) is 0. The highest BCUT2D eigenvalue weighted by Crippen LogP contribution is 2.40. The molecule has 0 amide bonds. The summed E-state index contributed by atoms with van der Waals surface area (Å²) in [7, 11) is 0. The summed E-state index contributed by atoms with van der Waals surface area (Å²) >= 11 is 0. The second-order valence-corrected chi connectivity index (χ2v) is 7.48. The molecule has 0 atom stereocenters. The molecule has 0 unspecified atom stereocenters. The average molecular weight is 337 g/mol. The van der Waals surface area contributed by atoms with Gasteiger partial charge in [0.05, 0.1) is 11.2 Å². The fourth-order valence-corrected chi connectivity index (χ4v) is 4.53. The van der Waals surface area contributed by atoms with Crippen LogP contribution >= 0.6 is 0 Å². The second-order valence-electron chi connectivity index (χ2n) is 7.48. The van der Waals surface area contributed by atoms with E-state index in [1.807, 2.05) is 0 Å². The molecule has 0 N–H and O–H groups in total. The Morgan fingerprint density at radius 2 is 1.50 bits per heavy atom. The van der Waals surface area contributed by atoms with Crippen molar-refractivity contribution in [3.8, 4) is 11.3 Å². The van der Waals surface area contributed by atoms with Crippen molar-refractivity contribution < 1.29 is 0 Å². The lowest BCUT2D eigenvalue weighted by molar-refractivity contribution is 0.445. The molecule has 1 fully saturated rings. The van der Waals surface area contributed by atoms with Crippen LogP contribution < -0.4 is 0 Å². The van der Waals surface area contributed by atoms with Crippen molar-refractivity contribution in [2.24, 2.45) is 0 Å². The zero-order valence-corrected chi connectivity index (χ0v) is 15.0. The summed E-state index contributed by atoms with van der Waals surface area (Å²) in [5.41, 5.74) is 4.95. The van der Waals surface area contributed by atoms with Gasteiger partial charge in [0.1, 0.15) is 0 Å². The minimum atomic E-state index is 0.655. The number of nitrogens with zero attached hydrogens (tertiary/aromatic N) is 1. The summed E-state index contributed by atoms with van der Waals surface area (Å²) in [6.07, 6.45) is 6.68. The van der Waals surface area contributed by atoms with E-state index in [0.29, 0.717) is 5.92 Å². The number of hydrogen-bond acceptors (Lipinski definition) is 1. The van der Waals surface area contributed by atoms with Crippen molar-refractivity contribution in [3.05, 3.63) is 78.4 Å². The lowest BCUT2D eigenvalue weighted by atomic mass is 9.81. The summed E-state index contributed by atoms with van der Waals surface area (Å²) < 4.78 is 0. The van der Waals surface area contributed by atoms with Gasteiger partial charge in [0.15, 0.2) is 0 Å². The Bertz CT molecular complexity index is 1060. The van der Waals surface area contributed by atoms with E-state index in [1.54, 1.807) is 0 Å². The van der Waals surface area contributed by atoms with Gasteiger partial charge in [-0.1, -0.05) is 79.9 Å². The normalized spacial score (nSPS) is 15.5. The molecule has 1 heteroatoms. The Morgan fingerprint density at radius 1 is 0.731 bits per heavy atom. The smallest absolute Gasteiger partial charge is 0.0718 e. The van der Waals surface area contributed by atoms with Crippen LogP contribution in [0.3, 0.4) is 0 Å². The standard InChI is InChI=1S/C25H23N/c1-3-9-18(10-4-1)22-17-24(20-12-5-2-6-13-20)26-23-16-15-19-11-7-8-14-21(19)25(22)23/h2,5-8,11-18H,1,3-4,9-10H2. The van der Waals surface area contributed by atoms with E-state index in [0.717, 1.165) is 11.2 Å². The quantitative estimate of drug-likeness (QED) is 0.355. The first kappa shape index (κ1) is 15.6. The maximum atomic E-state index is 5.05. The molecular weight excluding hydrogens is 314 g/mol. The van der Waals surface area contributed by atoms with Gasteiger partial charge >= 0.3 is 0 Å². The van der Waals surface area contributed by atoms with Gasteiger partial charge in [-0.2, -0.15) is 0 Å². The van der Waals surface area contributed by atoms with Crippen LogP contribution in [0.15, 0.2) is 72.8 Å². The SMILES string of the molecule is c1ccc(-c2cc(C3CCCCC3)c3c(ccc4ccccc43)n2)cc1. The zero-order valence-electron chi connectivity index (χ0n) is 15.0. The van der Waals surface area contributed by atoms with Gasteiger partial charge < -0.3 is 0 Å². The molecule has 26 heavy (non-hydrogen) atoms.